The van der Waals surface area contributed by atoms with Crippen LogP contribution in [0.5, 0.6) is 0 Å². The zero-order valence-electron chi connectivity index (χ0n) is 12.2. The Kier molecular flexibility index (Phi) is 7.49. The minimum absolute atomic E-state index is 0.0195. The summed E-state index contributed by atoms with van der Waals surface area (Å²) in [5, 5.41) is 3.78. The Morgan fingerprint density at radius 2 is 1.86 bits per heavy atom. The van der Waals surface area contributed by atoms with Crippen LogP contribution in [0.1, 0.15) is 25.3 Å². The Morgan fingerprint density at radius 1 is 1.19 bits per heavy atom. The van der Waals surface area contributed by atoms with Gasteiger partial charge in [-0.2, -0.15) is 13.2 Å². The first-order chi connectivity index (χ1) is 9.79. The van der Waals surface area contributed by atoms with Crippen molar-refractivity contribution in [3.05, 3.63) is 34.9 Å². The molecule has 0 spiro atoms. The molecule has 1 atom stereocenters. The zero-order valence-corrected chi connectivity index (χ0v) is 13.0. The third-order valence-corrected chi connectivity index (χ3v) is 3.22. The van der Waals surface area contributed by atoms with Gasteiger partial charge in [-0.3, -0.25) is 0 Å². The van der Waals surface area contributed by atoms with Gasteiger partial charge in [0.05, 0.1) is 6.61 Å². The van der Waals surface area contributed by atoms with E-state index in [9.17, 15) is 13.2 Å². The van der Waals surface area contributed by atoms with Crippen LogP contribution in [0.3, 0.4) is 0 Å². The van der Waals surface area contributed by atoms with Crippen LogP contribution < -0.4 is 5.32 Å². The molecule has 0 heterocycles. The summed E-state index contributed by atoms with van der Waals surface area (Å²) in [6.07, 6.45) is -4.31. The summed E-state index contributed by atoms with van der Waals surface area (Å²) >= 11 is 6.12. The van der Waals surface area contributed by atoms with Crippen molar-refractivity contribution in [2.45, 2.75) is 25.9 Å². The maximum atomic E-state index is 12.2. The average molecular weight is 324 g/mol. The van der Waals surface area contributed by atoms with Crippen LogP contribution in [-0.2, 0) is 4.74 Å². The van der Waals surface area contributed by atoms with Crippen LogP contribution in [0.4, 0.5) is 13.2 Å². The third-order valence-electron chi connectivity index (χ3n) is 2.87. The second-order valence-corrected chi connectivity index (χ2v) is 5.81. The van der Waals surface area contributed by atoms with Gasteiger partial charge in [-0.15, -0.1) is 0 Å². The number of nitrogens with one attached hydrogen (secondary N) is 1. The van der Waals surface area contributed by atoms with E-state index in [-0.39, 0.29) is 12.5 Å². The fraction of sp³-hybridized carbons (Fsp3) is 0.600. The predicted molar refractivity (Wildman–Crippen MR) is 78.8 cm³/mol. The van der Waals surface area contributed by atoms with Crippen molar-refractivity contribution in [2.75, 3.05) is 26.3 Å². The van der Waals surface area contributed by atoms with E-state index in [1.54, 1.807) is 12.1 Å². The molecule has 0 aliphatic heterocycles. The number of benzene rings is 1. The molecule has 2 nitrogen and oxygen atoms in total. The van der Waals surface area contributed by atoms with Crippen LogP contribution in [-0.4, -0.2) is 32.5 Å². The third kappa shape index (κ3) is 7.69. The molecule has 21 heavy (non-hydrogen) atoms. The SMILES string of the molecule is CC(C)CNCC(COCC(F)(F)F)c1ccccc1Cl. The van der Waals surface area contributed by atoms with E-state index in [2.05, 4.69) is 19.2 Å². The molecule has 1 N–H and O–H groups in total. The second-order valence-electron chi connectivity index (χ2n) is 5.40. The molecule has 0 saturated heterocycles. The summed E-state index contributed by atoms with van der Waals surface area (Å²) in [4.78, 5) is 0. The highest BCUT2D eigenvalue weighted by molar-refractivity contribution is 6.31. The van der Waals surface area contributed by atoms with Crippen molar-refractivity contribution in [2.24, 2.45) is 5.92 Å². The predicted octanol–water partition coefficient (Wildman–Crippen LogP) is 4.25. The number of hydrogen-bond donors (Lipinski definition) is 1. The second kappa shape index (κ2) is 8.61. The van der Waals surface area contributed by atoms with E-state index in [1.165, 1.54) is 0 Å². The van der Waals surface area contributed by atoms with Gasteiger partial charge in [0.25, 0.3) is 0 Å². The molecule has 0 aliphatic carbocycles. The van der Waals surface area contributed by atoms with Crippen molar-refractivity contribution in [3.63, 3.8) is 0 Å². The molecule has 0 amide bonds. The molecular weight excluding hydrogens is 303 g/mol. The number of alkyl halides is 3. The fourth-order valence-electron chi connectivity index (χ4n) is 1.93. The molecule has 1 unspecified atom stereocenters. The van der Waals surface area contributed by atoms with Gasteiger partial charge in [0, 0.05) is 17.5 Å². The Balaban J connectivity index is 2.64. The van der Waals surface area contributed by atoms with Crippen molar-refractivity contribution in [3.8, 4) is 0 Å². The van der Waals surface area contributed by atoms with Gasteiger partial charge in [0.1, 0.15) is 6.61 Å². The highest BCUT2D eigenvalue weighted by atomic mass is 35.5. The summed E-state index contributed by atoms with van der Waals surface area (Å²) < 4.78 is 41.3. The maximum absolute atomic E-state index is 12.2. The minimum atomic E-state index is -4.31. The van der Waals surface area contributed by atoms with Gasteiger partial charge in [-0.25, -0.2) is 0 Å². The lowest BCUT2D eigenvalue weighted by Crippen LogP contribution is -2.29. The maximum Gasteiger partial charge on any atom is 0.411 e. The minimum Gasteiger partial charge on any atom is -0.371 e. The van der Waals surface area contributed by atoms with E-state index < -0.39 is 12.8 Å². The van der Waals surface area contributed by atoms with Crippen LogP contribution in [0.2, 0.25) is 5.02 Å². The van der Waals surface area contributed by atoms with Gasteiger partial charge in [-0.1, -0.05) is 43.6 Å². The topological polar surface area (TPSA) is 21.3 Å². The quantitative estimate of drug-likeness (QED) is 0.772. The van der Waals surface area contributed by atoms with Crippen LogP contribution in [0.15, 0.2) is 24.3 Å². The van der Waals surface area contributed by atoms with E-state index in [0.29, 0.717) is 17.5 Å². The highest BCUT2D eigenvalue weighted by Gasteiger charge is 2.28. The normalized spacial score (nSPS) is 13.7. The Morgan fingerprint density at radius 3 is 2.43 bits per heavy atom. The summed E-state index contributed by atoms with van der Waals surface area (Å²) in [5.41, 5.74) is 0.803. The molecular formula is C15H21ClF3NO. The summed E-state index contributed by atoms with van der Waals surface area (Å²) in [7, 11) is 0. The molecule has 0 fully saturated rings. The molecule has 6 heteroatoms. The van der Waals surface area contributed by atoms with Crippen molar-refractivity contribution < 1.29 is 17.9 Å². The molecule has 0 aliphatic rings. The molecule has 1 aromatic rings. The molecule has 0 bridgehead atoms. The van der Waals surface area contributed by atoms with Crippen molar-refractivity contribution in [1.29, 1.82) is 0 Å². The van der Waals surface area contributed by atoms with Gasteiger partial charge in [0.15, 0.2) is 0 Å². The zero-order chi connectivity index (χ0) is 15.9. The van der Waals surface area contributed by atoms with Gasteiger partial charge in [-0.05, 0) is 24.1 Å². The van der Waals surface area contributed by atoms with E-state index in [1.807, 2.05) is 12.1 Å². The first-order valence-electron chi connectivity index (χ1n) is 6.89. The Hall–Kier alpha value is -0.780. The molecule has 120 valence electrons. The lowest BCUT2D eigenvalue weighted by molar-refractivity contribution is -0.174. The number of halogens is 4. The van der Waals surface area contributed by atoms with Crippen molar-refractivity contribution >= 4 is 11.6 Å². The van der Waals surface area contributed by atoms with E-state index in [4.69, 9.17) is 16.3 Å². The number of ether oxygens (including phenoxy) is 1. The lowest BCUT2D eigenvalue weighted by Gasteiger charge is -2.20. The first-order valence-corrected chi connectivity index (χ1v) is 7.27. The number of hydrogen-bond acceptors (Lipinski definition) is 2. The highest BCUT2D eigenvalue weighted by Crippen LogP contribution is 2.25. The number of rotatable bonds is 8. The Bertz CT molecular complexity index is 424. The average Bonchev–Trinajstić information content (AvgIpc) is 2.36. The summed E-state index contributed by atoms with van der Waals surface area (Å²) in [6, 6.07) is 7.17. The smallest absolute Gasteiger partial charge is 0.371 e. The monoisotopic (exact) mass is 323 g/mol. The molecule has 0 aromatic heterocycles. The van der Waals surface area contributed by atoms with Crippen LogP contribution in [0, 0.1) is 5.92 Å². The molecule has 0 radical (unpaired) electrons. The van der Waals surface area contributed by atoms with Gasteiger partial charge in [0.2, 0.25) is 0 Å². The van der Waals surface area contributed by atoms with Crippen molar-refractivity contribution in [1.82, 2.24) is 5.32 Å². The van der Waals surface area contributed by atoms with Crippen LogP contribution >= 0.6 is 11.6 Å². The fourth-order valence-corrected chi connectivity index (χ4v) is 2.22. The molecule has 1 rings (SSSR count). The molecule has 0 saturated carbocycles. The summed E-state index contributed by atoms with van der Waals surface area (Å²) in [6.45, 7) is 4.20. The standard InChI is InChI=1S/C15H21ClF3NO/c1-11(2)7-20-8-12(9-21-10-15(17,18)19)13-5-3-4-6-14(13)16/h3-6,11-12,20H,7-10H2,1-2H3. The first kappa shape index (κ1) is 18.3. The Labute approximate surface area is 128 Å². The van der Waals surface area contributed by atoms with Gasteiger partial charge >= 0.3 is 6.18 Å². The lowest BCUT2D eigenvalue weighted by atomic mass is 9.99. The van der Waals surface area contributed by atoms with Gasteiger partial charge < -0.3 is 10.1 Å². The molecule has 1 aromatic carbocycles. The van der Waals surface area contributed by atoms with Crippen LogP contribution in [0.25, 0.3) is 0 Å². The largest absolute Gasteiger partial charge is 0.411 e. The van der Waals surface area contributed by atoms with E-state index in [0.717, 1.165) is 12.1 Å². The van der Waals surface area contributed by atoms with E-state index >= 15 is 0 Å². The summed E-state index contributed by atoms with van der Waals surface area (Å²) in [5.74, 6) is 0.257.